The highest BCUT2D eigenvalue weighted by Gasteiger charge is 2.17. The number of nitrogens with one attached hydrogen (secondary N) is 2. The van der Waals surface area contributed by atoms with Crippen molar-refractivity contribution in [1.82, 2.24) is 10.6 Å². The van der Waals surface area contributed by atoms with Gasteiger partial charge in [0.2, 0.25) is 0 Å². The maximum atomic E-state index is 12.2. The van der Waals surface area contributed by atoms with Crippen LogP contribution in [0.4, 0.5) is 0 Å². The first kappa shape index (κ1) is 17.5. The Labute approximate surface area is 149 Å². The zero-order chi connectivity index (χ0) is 17.5. The molecule has 3 rings (SSSR count). The average molecular weight is 338 g/mol. The highest BCUT2D eigenvalue weighted by Crippen LogP contribution is 2.22. The molecule has 0 radical (unpaired) electrons. The fourth-order valence-electron chi connectivity index (χ4n) is 3.12. The highest BCUT2D eigenvalue weighted by atomic mass is 16.5. The van der Waals surface area contributed by atoms with Crippen LogP contribution < -0.4 is 15.4 Å². The molecule has 4 nitrogen and oxygen atoms in total. The molecule has 1 amide bonds. The van der Waals surface area contributed by atoms with Gasteiger partial charge in [0.15, 0.2) is 6.10 Å². The molecule has 2 aromatic rings. The van der Waals surface area contributed by atoms with Crippen molar-refractivity contribution < 1.29 is 9.53 Å². The van der Waals surface area contributed by atoms with E-state index in [4.69, 9.17) is 4.74 Å². The predicted octanol–water partition coefficient (Wildman–Crippen LogP) is 3.24. The number of amides is 1. The van der Waals surface area contributed by atoms with Crippen molar-refractivity contribution in [3.8, 4) is 16.9 Å². The van der Waals surface area contributed by atoms with Crippen molar-refractivity contribution in [3.63, 3.8) is 0 Å². The van der Waals surface area contributed by atoms with Crippen LogP contribution in [0.15, 0.2) is 54.6 Å². The normalized spacial score (nSPS) is 17.9. The van der Waals surface area contributed by atoms with E-state index in [-0.39, 0.29) is 5.91 Å². The quantitative estimate of drug-likeness (QED) is 0.815. The van der Waals surface area contributed by atoms with Gasteiger partial charge in [-0.3, -0.25) is 4.79 Å². The van der Waals surface area contributed by atoms with Crippen molar-refractivity contribution >= 4 is 5.91 Å². The number of carbonyl (C=O) groups is 1. The first-order valence-electron chi connectivity index (χ1n) is 9.03. The van der Waals surface area contributed by atoms with Crippen molar-refractivity contribution in [2.45, 2.75) is 25.9 Å². The summed E-state index contributed by atoms with van der Waals surface area (Å²) in [7, 11) is 0. The molecule has 1 fully saturated rings. The van der Waals surface area contributed by atoms with Gasteiger partial charge in [0.25, 0.3) is 5.91 Å². The van der Waals surface area contributed by atoms with Gasteiger partial charge in [0, 0.05) is 6.54 Å². The molecule has 1 heterocycles. The lowest BCUT2D eigenvalue weighted by Gasteiger charge is -2.16. The van der Waals surface area contributed by atoms with E-state index in [2.05, 4.69) is 22.8 Å². The van der Waals surface area contributed by atoms with Crippen molar-refractivity contribution in [1.29, 1.82) is 0 Å². The predicted molar refractivity (Wildman–Crippen MR) is 101 cm³/mol. The third-order valence-corrected chi connectivity index (χ3v) is 4.66. The molecule has 2 atom stereocenters. The van der Waals surface area contributed by atoms with Crippen LogP contribution in [0, 0.1) is 5.92 Å². The number of carbonyl (C=O) groups excluding carboxylic acids is 1. The van der Waals surface area contributed by atoms with Crippen LogP contribution in [-0.4, -0.2) is 31.6 Å². The van der Waals surface area contributed by atoms with Crippen LogP contribution in [0.5, 0.6) is 5.75 Å². The summed E-state index contributed by atoms with van der Waals surface area (Å²) in [6.45, 7) is 4.66. The fraction of sp³-hybridized carbons (Fsp3) is 0.381. The molecule has 132 valence electrons. The second-order valence-corrected chi connectivity index (χ2v) is 6.59. The number of benzene rings is 2. The molecule has 2 aromatic carbocycles. The molecular formula is C21H26N2O2. The first-order valence-corrected chi connectivity index (χ1v) is 9.03. The Hall–Kier alpha value is -2.33. The molecule has 0 aliphatic carbocycles. The second kappa shape index (κ2) is 8.67. The summed E-state index contributed by atoms with van der Waals surface area (Å²) >= 11 is 0. The van der Waals surface area contributed by atoms with Crippen LogP contribution in [0.1, 0.15) is 19.8 Å². The maximum absolute atomic E-state index is 12.2. The van der Waals surface area contributed by atoms with Gasteiger partial charge in [-0.2, -0.15) is 0 Å². The first-order chi connectivity index (χ1) is 12.2. The Kier molecular flexibility index (Phi) is 6.07. The van der Waals surface area contributed by atoms with Crippen LogP contribution in [0.3, 0.4) is 0 Å². The zero-order valence-corrected chi connectivity index (χ0v) is 14.7. The third-order valence-electron chi connectivity index (χ3n) is 4.66. The molecule has 1 saturated heterocycles. The van der Waals surface area contributed by atoms with E-state index < -0.39 is 6.10 Å². The Morgan fingerprint density at radius 3 is 2.56 bits per heavy atom. The number of hydrogen-bond donors (Lipinski definition) is 2. The summed E-state index contributed by atoms with van der Waals surface area (Å²) in [5, 5.41) is 6.32. The molecule has 0 aromatic heterocycles. The molecule has 2 unspecified atom stereocenters. The van der Waals surface area contributed by atoms with Gasteiger partial charge in [-0.15, -0.1) is 0 Å². The summed E-state index contributed by atoms with van der Waals surface area (Å²) < 4.78 is 5.77. The topological polar surface area (TPSA) is 50.4 Å². The molecule has 0 bridgehead atoms. The Morgan fingerprint density at radius 1 is 1.16 bits per heavy atom. The van der Waals surface area contributed by atoms with E-state index in [1.54, 1.807) is 6.92 Å². The Bertz CT molecular complexity index is 664. The molecular weight excluding hydrogens is 312 g/mol. The van der Waals surface area contributed by atoms with Gasteiger partial charge in [-0.05, 0) is 62.0 Å². The lowest BCUT2D eigenvalue weighted by atomic mass is 10.1. The molecule has 1 aliphatic rings. The summed E-state index contributed by atoms with van der Waals surface area (Å²) in [6, 6.07) is 18.1. The summed E-state index contributed by atoms with van der Waals surface area (Å²) in [6.07, 6.45) is 1.73. The van der Waals surface area contributed by atoms with Gasteiger partial charge in [0.05, 0.1) is 0 Å². The minimum absolute atomic E-state index is 0.0573. The Morgan fingerprint density at radius 2 is 1.88 bits per heavy atom. The third kappa shape index (κ3) is 5.07. The van der Waals surface area contributed by atoms with E-state index >= 15 is 0 Å². The zero-order valence-electron chi connectivity index (χ0n) is 14.7. The summed E-state index contributed by atoms with van der Waals surface area (Å²) in [5.74, 6) is 1.34. The lowest BCUT2D eigenvalue weighted by molar-refractivity contribution is -0.127. The van der Waals surface area contributed by atoms with Crippen LogP contribution in [0.25, 0.3) is 11.1 Å². The minimum atomic E-state index is -0.496. The van der Waals surface area contributed by atoms with Gasteiger partial charge in [-0.25, -0.2) is 0 Å². The summed E-state index contributed by atoms with van der Waals surface area (Å²) in [5.41, 5.74) is 2.30. The van der Waals surface area contributed by atoms with E-state index in [1.165, 1.54) is 12.0 Å². The lowest BCUT2D eigenvalue weighted by Crippen LogP contribution is -2.37. The van der Waals surface area contributed by atoms with Crippen molar-refractivity contribution in [3.05, 3.63) is 54.6 Å². The smallest absolute Gasteiger partial charge is 0.260 e. The van der Waals surface area contributed by atoms with E-state index in [0.717, 1.165) is 25.1 Å². The molecule has 2 N–H and O–H groups in total. The molecule has 1 aliphatic heterocycles. The molecule has 25 heavy (non-hydrogen) atoms. The monoisotopic (exact) mass is 338 g/mol. The van der Waals surface area contributed by atoms with E-state index in [0.29, 0.717) is 18.2 Å². The molecule has 0 saturated carbocycles. The average Bonchev–Trinajstić information content (AvgIpc) is 3.16. The fourth-order valence-corrected chi connectivity index (χ4v) is 3.12. The van der Waals surface area contributed by atoms with E-state index in [1.807, 2.05) is 42.5 Å². The van der Waals surface area contributed by atoms with Gasteiger partial charge < -0.3 is 15.4 Å². The SMILES string of the molecule is CC(Oc1ccc(-c2ccccc2)cc1)C(=O)NCCC1CCNC1. The van der Waals surface area contributed by atoms with Crippen molar-refractivity contribution in [2.75, 3.05) is 19.6 Å². The molecule has 4 heteroatoms. The number of rotatable bonds is 7. The number of ether oxygens (including phenoxy) is 1. The van der Waals surface area contributed by atoms with Gasteiger partial charge >= 0.3 is 0 Å². The van der Waals surface area contributed by atoms with E-state index in [9.17, 15) is 4.79 Å². The van der Waals surface area contributed by atoms with Gasteiger partial charge in [0.1, 0.15) is 5.75 Å². The van der Waals surface area contributed by atoms with Crippen LogP contribution >= 0.6 is 0 Å². The molecule has 0 spiro atoms. The van der Waals surface area contributed by atoms with Crippen LogP contribution in [-0.2, 0) is 4.79 Å². The maximum Gasteiger partial charge on any atom is 0.260 e. The van der Waals surface area contributed by atoms with Crippen LogP contribution in [0.2, 0.25) is 0 Å². The highest BCUT2D eigenvalue weighted by molar-refractivity contribution is 5.80. The van der Waals surface area contributed by atoms with Gasteiger partial charge in [-0.1, -0.05) is 42.5 Å². The van der Waals surface area contributed by atoms with Crippen molar-refractivity contribution in [2.24, 2.45) is 5.92 Å². The Balaban J connectivity index is 1.46. The minimum Gasteiger partial charge on any atom is -0.481 e. The second-order valence-electron chi connectivity index (χ2n) is 6.59. The summed E-state index contributed by atoms with van der Waals surface area (Å²) in [4.78, 5) is 12.2. The number of hydrogen-bond acceptors (Lipinski definition) is 3. The standard InChI is InChI=1S/C21H26N2O2/c1-16(21(24)23-14-12-17-11-13-22-15-17)25-20-9-7-19(8-10-20)18-5-3-2-4-6-18/h2-10,16-17,22H,11-15H2,1H3,(H,23,24). The largest absolute Gasteiger partial charge is 0.481 e.